The van der Waals surface area contributed by atoms with Crippen LogP contribution >= 0.6 is 15.9 Å². The van der Waals surface area contributed by atoms with Crippen molar-refractivity contribution in [3.05, 3.63) is 22.3 Å². The lowest BCUT2D eigenvalue weighted by atomic mass is 10.3. The summed E-state index contributed by atoms with van der Waals surface area (Å²) in [6.07, 6.45) is 3.47. The Labute approximate surface area is 101 Å². The van der Waals surface area contributed by atoms with E-state index >= 15 is 0 Å². The van der Waals surface area contributed by atoms with Gasteiger partial charge in [-0.3, -0.25) is 4.21 Å². The number of hydrogen-bond acceptors (Lipinski definition) is 3. The van der Waals surface area contributed by atoms with E-state index in [1.54, 1.807) is 12.5 Å². The van der Waals surface area contributed by atoms with Crippen molar-refractivity contribution >= 4 is 32.5 Å². The van der Waals surface area contributed by atoms with E-state index in [0.29, 0.717) is 6.54 Å². The van der Waals surface area contributed by atoms with E-state index in [9.17, 15) is 4.21 Å². The maximum Gasteiger partial charge on any atom is 0.128 e. The molecule has 0 bridgehead atoms. The summed E-state index contributed by atoms with van der Waals surface area (Å²) in [5.74, 6) is 0.857. The zero-order valence-corrected chi connectivity index (χ0v) is 11.5. The minimum Gasteiger partial charge on any atom is -0.369 e. The lowest BCUT2D eigenvalue weighted by Gasteiger charge is -2.12. The van der Waals surface area contributed by atoms with Gasteiger partial charge in [0.1, 0.15) is 5.82 Å². The fraction of sp³-hybridized carbons (Fsp3) is 0.500. The third-order valence-corrected chi connectivity index (χ3v) is 3.90. The molecule has 1 aromatic rings. The number of pyridine rings is 1. The maximum absolute atomic E-state index is 11.1. The first-order valence-corrected chi connectivity index (χ1v) is 7.10. The number of rotatable bonds is 4. The van der Waals surface area contributed by atoms with Crippen molar-refractivity contribution in [3.8, 4) is 0 Å². The van der Waals surface area contributed by atoms with E-state index in [1.165, 1.54) is 0 Å². The predicted octanol–water partition coefficient (Wildman–Crippen LogP) is 2.33. The highest BCUT2D eigenvalue weighted by molar-refractivity contribution is 9.10. The van der Waals surface area contributed by atoms with Crippen LogP contribution < -0.4 is 5.32 Å². The van der Waals surface area contributed by atoms with Crippen LogP contribution in [0.3, 0.4) is 0 Å². The number of hydrogen-bond donors (Lipinski definition) is 1. The summed E-state index contributed by atoms with van der Waals surface area (Å²) < 4.78 is 12.1. The Bertz CT molecular complexity index is 370. The summed E-state index contributed by atoms with van der Waals surface area (Å²) in [5.41, 5.74) is 1.08. The molecular weight excluding hydrogens is 276 g/mol. The van der Waals surface area contributed by atoms with Gasteiger partial charge in [0, 0.05) is 39.5 Å². The smallest absolute Gasteiger partial charge is 0.128 e. The number of aryl methyl sites for hydroxylation is 1. The molecule has 1 N–H and O–H groups in total. The number of nitrogens with zero attached hydrogens (tertiary/aromatic N) is 1. The molecule has 5 heteroatoms. The number of halogens is 1. The highest BCUT2D eigenvalue weighted by Gasteiger charge is 2.07. The van der Waals surface area contributed by atoms with Crippen LogP contribution in [0.2, 0.25) is 0 Å². The Kier molecular flexibility index (Phi) is 4.73. The number of anilines is 1. The maximum atomic E-state index is 11.1. The SMILES string of the molecule is Cc1cc(Br)cnc1NCC(C)S(C)=O. The summed E-state index contributed by atoms with van der Waals surface area (Å²) in [5, 5.41) is 3.33. The fourth-order valence-electron chi connectivity index (χ4n) is 1.08. The summed E-state index contributed by atoms with van der Waals surface area (Å²) in [7, 11) is -0.795. The van der Waals surface area contributed by atoms with Gasteiger partial charge in [0.15, 0.2) is 0 Å². The minimum absolute atomic E-state index is 0.134. The molecule has 1 aromatic heterocycles. The molecule has 1 heterocycles. The molecule has 15 heavy (non-hydrogen) atoms. The largest absolute Gasteiger partial charge is 0.369 e. The first kappa shape index (κ1) is 12.6. The molecule has 0 saturated carbocycles. The van der Waals surface area contributed by atoms with Gasteiger partial charge >= 0.3 is 0 Å². The molecular formula is C10H15BrN2OS. The van der Waals surface area contributed by atoms with Gasteiger partial charge in [-0.05, 0) is 41.4 Å². The van der Waals surface area contributed by atoms with E-state index in [2.05, 4.69) is 26.2 Å². The quantitative estimate of drug-likeness (QED) is 0.925. The summed E-state index contributed by atoms with van der Waals surface area (Å²) in [6.45, 7) is 4.63. The normalized spacial score (nSPS) is 14.7. The third-order valence-electron chi connectivity index (χ3n) is 2.17. The Morgan fingerprint density at radius 2 is 2.33 bits per heavy atom. The minimum atomic E-state index is -0.795. The molecule has 0 radical (unpaired) electrons. The van der Waals surface area contributed by atoms with Crippen LogP contribution in [0.4, 0.5) is 5.82 Å². The van der Waals surface area contributed by atoms with Gasteiger partial charge < -0.3 is 5.32 Å². The van der Waals surface area contributed by atoms with E-state index in [1.807, 2.05) is 19.9 Å². The second kappa shape index (κ2) is 5.61. The van der Waals surface area contributed by atoms with Gasteiger partial charge in [-0.1, -0.05) is 0 Å². The molecule has 0 spiro atoms. The average Bonchev–Trinajstić information content (AvgIpc) is 2.15. The third kappa shape index (κ3) is 3.91. The van der Waals surface area contributed by atoms with Gasteiger partial charge in [0.25, 0.3) is 0 Å². The van der Waals surface area contributed by atoms with Crippen molar-refractivity contribution in [3.63, 3.8) is 0 Å². The Hall–Kier alpha value is -0.420. The van der Waals surface area contributed by atoms with Crippen LogP contribution in [0, 0.1) is 6.92 Å². The van der Waals surface area contributed by atoms with Crippen molar-refractivity contribution in [2.45, 2.75) is 19.1 Å². The van der Waals surface area contributed by atoms with Crippen molar-refractivity contribution in [1.29, 1.82) is 0 Å². The lowest BCUT2D eigenvalue weighted by molar-refractivity contribution is 0.678. The Balaban J connectivity index is 2.62. The fourth-order valence-corrected chi connectivity index (χ4v) is 1.85. The van der Waals surface area contributed by atoms with E-state index in [4.69, 9.17) is 0 Å². The number of aromatic nitrogens is 1. The van der Waals surface area contributed by atoms with Crippen LogP contribution in [0.25, 0.3) is 0 Å². The molecule has 0 amide bonds. The van der Waals surface area contributed by atoms with E-state index in [-0.39, 0.29) is 5.25 Å². The van der Waals surface area contributed by atoms with Gasteiger partial charge in [0.05, 0.1) is 0 Å². The molecule has 0 aliphatic carbocycles. The molecule has 0 aliphatic heterocycles. The molecule has 3 nitrogen and oxygen atoms in total. The second-order valence-corrected chi connectivity index (χ2v) is 6.23. The van der Waals surface area contributed by atoms with Crippen LogP contribution in [0.1, 0.15) is 12.5 Å². The average molecular weight is 291 g/mol. The van der Waals surface area contributed by atoms with Crippen LogP contribution in [0.5, 0.6) is 0 Å². The molecule has 0 aromatic carbocycles. The molecule has 0 aliphatic rings. The second-order valence-electron chi connectivity index (χ2n) is 3.51. The van der Waals surface area contributed by atoms with Crippen LogP contribution in [-0.2, 0) is 10.8 Å². The number of nitrogens with one attached hydrogen (secondary N) is 1. The van der Waals surface area contributed by atoms with Crippen molar-refractivity contribution in [1.82, 2.24) is 4.98 Å². The highest BCUT2D eigenvalue weighted by Crippen LogP contribution is 2.16. The standard InChI is InChI=1S/C10H15BrN2OS/c1-7-4-9(11)6-13-10(7)12-5-8(2)15(3)14/h4,6,8H,5H2,1-3H3,(H,12,13). The zero-order valence-electron chi connectivity index (χ0n) is 9.08. The predicted molar refractivity (Wildman–Crippen MR) is 68.7 cm³/mol. The Morgan fingerprint density at radius 3 is 2.87 bits per heavy atom. The van der Waals surface area contributed by atoms with Crippen molar-refractivity contribution in [2.24, 2.45) is 0 Å². The molecule has 0 fully saturated rings. The molecule has 1 rings (SSSR count). The van der Waals surface area contributed by atoms with E-state index < -0.39 is 10.8 Å². The molecule has 84 valence electrons. The molecule has 2 unspecified atom stereocenters. The van der Waals surface area contributed by atoms with Gasteiger partial charge in [-0.15, -0.1) is 0 Å². The lowest BCUT2D eigenvalue weighted by Crippen LogP contribution is -2.21. The van der Waals surface area contributed by atoms with Gasteiger partial charge in [0.2, 0.25) is 0 Å². The van der Waals surface area contributed by atoms with Crippen LogP contribution in [-0.4, -0.2) is 27.2 Å². The van der Waals surface area contributed by atoms with Crippen molar-refractivity contribution < 1.29 is 4.21 Å². The summed E-state index contributed by atoms with van der Waals surface area (Å²) in [6, 6.07) is 2.00. The van der Waals surface area contributed by atoms with Crippen LogP contribution in [0.15, 0.2) is 16.7 Å². The topological polar surface area (TPSA) is 42.0 Å². The first-order valence-electron chi connectivity index (χ1n) is 4.69. The van der Waals surface area contributed by atoms with Gasteiger partial charge in [-0.2, -0.15) is 0 Å². The van der Waals surface area contributed by atoms with E-state index in [0.717, 1.165) is 15.9 Å². The summed E-state index contributed by atoms with van der Waals surface area (Å²) >= 11 is 3.36. The zero-order chi connectivity index (χ0) is 11.4. The van der Waals surface area contributed by atoms with Gasteiger partial charge in [-0.25, -0.2) is 4.98 Å². The Morgan fingerprint density at radius 1 is 1.67 bits per heavy atom. The monoisotopic (exact) mass is 290 g/mol. The molecule has 2 atom stereocenters. The molecule has 0 saturated heterocycles. The highest BCUT2D eigenvalue weighted by atomic mass is 79.9. The first-order chi connectivity index (χ1) is 7.00. The summed E-state index contributed by atoms with van der Waals surface area (Å²) in [4.78, 5) is 4.25. The van der Waals surface area contributed by atoms with Crippen molar-refractivity contribution in [2.75, 3.05) is 18.1 Å².